The Labute approximate surface area is 339 Å². The van der Waals surface area contributed by atoms with Gasteiger partial charge in [0.2, 0.25) is 0 Å². The van der Waals surface area contributed by atoms with Crippen LogP contribution in [0.5, 0.6) is 0 Å². The fraction of sp³-hybridized carbons (Fsp3) is 0. The second-order valence-electron chi connectivity index (χ2n) is 12.7. The van der Waals surface area contributed by atoms with Crippen LogP contribution in [-0.2, 0) is 0 Å². The predicted octanol–water partition coefficient (Wildman–Crippen LogP) is 13.6. The zero-order chi connectivity index (χ0) is 50.2. The Bertz CT molecular complexity index is 4100. The number of rotatable bonds is 5. The molecule has 2 aromatic heterocycles. The first-order valence-electron chi connectivity index (χ1n) is 25.2. The maximum Gasteiger partial charge on any atom is 0.164 e. The highest BCUT2D eigenvalue weighted by Crippen LogP contribution is 2.42. The van der Waals surface area contributed by atoms with Crippen LogP contribution < -0.4 is 0 Å². The molecular formula is C51H31N3O. The van der Waals surface area contributed by atoms with Gasteiger partial charge in [-0.05, 0) is 78.8 Å². The molecule has 11 rings (SSSR count). The maximum atomic E-state index is 10.1. The summed E-state index contributed by atoms with van der Waals surface area (Å²) in [6, 6.07) is 18.4. The second kappa shape index (κ2) is 12.6. The molecule has 11 aromatic rings. The van der Waals surface area contributed by atoms with Crippen LogP contribution in [0.4, 0.5) is 0 Å². The highest BCUT2D eigenvalue weighted by Gasteiger charge is 2.20. The quantitative estimate of drug-likeness (QED) is 0.166. The molecular weight excluding hydrogens is 671 g/mol. The van der Waals surface area contributed by atoms with Crippen molar-refractivity contribution < 1.29 is 26.3 Å². The molecule has 0 atom stereocenters. The molecule has 0 N–H and O–H groups in total. The Morgan fingerprint density at radius 1 is 0.364 bits per heavy atom. The third-order valence-corrected chi connectivity index (χ3v) is 9.62. The van der Waals surface area contributed by atoms with Gasteiger partial charge in [0.15, 0.2) is 17.5 Å². The summed E-state index contributed by atoms with van der Waals surface area (Å²) in [6.07, 6.45) is 0. The van der Waals surface area contributed by atoms with Crippen molar-refractivity contribution in [1.29, 1.82) is 0 Å². The molecule has 55 heavy (non-hydrogen) atoms. The molecule has 4 nitrogen and oxygen atoms in total. The molecule has 0 amide bonds. The van der Waals surface area contributed by atoms with Crippen molar-refractivity contribution in [3.8, 4) is 56.4 Å². The van der Waals surface area contributed by atoms with Gasteiger partial charge in [0.1, 0.15) is 11.2 Å². The molecule has 0 aliphatic rings. The molecule has 0 aliphatic heterocycles. The Morgan fingerprint density at radius 2 is 0.891 bits per heavy atom. The average Bonchev–Trinajstić information content (AvgIpc) is 3.78. The number of hydrogen-bond acceptors (Lipinski definition) is 4. The first kappa shape index (κ1) is 19.1. The number of aromatic nitrogens is 3. The average molecular weight is 718 g/mol. The van der Waals surface area contributed by atoms with Crippen LogP contribution in [0.1, 0.15) is 21.9 Å². The predicted molar refractivity (Wildman–Crippen MR) is 227 cm³/mol. The fourth-order valence-corrected chi connectivity index (χ4v) is 7.13. The van der Waals surface area contributed by atoms with E-state index in [2.05, 4.69) is 4.98 Å². The van der Waals surface area contributed by atoms with Crippen LogP contribution in [-0.4, -0.2) is 15.0 Å². The summed E-state index contributed by atoms with van der Waals surface area (Å²) in [4.78, 5) is 14.2. The van der Waals surface area contributed by atoms with Gasteiger partial charge in [-0.1, -0.05) is 163 Å². The SMILES string of the molecule is [2H]c1c([2H])c([2H])c(-c2ccc(-c3nc(-c4c([2H])c([2H])c([2H])c([2H])c4[2H])nc(-c4c([2H])c(-c5ccc6c7ccccc7c7ccccc7c6c5)c([2H])c5oc6c([2H])c([2H])c([2H])c([2H])c6c45)n3)cc2)c([2H])c1[2H]. The van der Waals surface area contributed by atoms with Crippen LogP contribution in [0.25, 0.3) is 111 Å². The van der Waals surface area contributed by atoms with E-state index in [1.807, 2.05) is 60.7 Å². The highest BCUT2D eigenvalue weighted by atomic mass is 16.3. The lowest BCUT2D eigenvalue weighted by Gasteiger charge is -2.13. The van der Waals surface area contributed by atoms with E-state index in [1.165, 1.54) is 24.3 Å². The van der Waals surface area contributed by atoms with E-state index in [4.69, 9.17) is 33.6 Å². The van der Waals surface area contributed by atoms with Crippen LogP contribution in [0.2, 0.25) is 0 Å². The van der Waals surface area contributed by atoms with Gasteiger partial charge in [-0.25, -0.2) is 15.0 Å². The van der Waals surface area contributed by atoms with E-state index in [1.54, 1.807) is 6.07 Å². The monoisotopic (exact) mass is 717 g/mol. The molecule has 0 fully saturated rings. The van der Waals surface area contributed by atoms with Gasteiger partial charge in [-0.15, -0.1) is 0 Å². The summed E-state index contributed by atoms with van der Waals surface area (Å²) in [5.74, 6) is -0.957. The largest absolute Gasteiger partial charge is 0.456 e. The normalized spacial score (nSPS) is 15.7. The summed E-state index contributed by atoms with van der Waals surface area (Å²) >= 11 is 0. The molecule has 0 saturated carbocycles. The Kier molecular flexibility index (Phi) is 4.37. The minimum absolute atomic E-state index is 0.00949. The van der Waals surface area contributed by atoms with E-state index in [0.29, 0.717) is 5.56 Å². The Hall–Kier alpha value is -7.43. The Balaban J connectivity index is 1.25. The first-order chi connectivity index (χ1) is 33.9. The summed E-state index contributed by atoms with van der Waals surface area (Å²) < 4.78 is 146. The number of hydrogen-bond donors (Lipinski definition) is 0. The van der Waals surface area contributed by atoms with Crippen molar-refractivity contribution >= 4 is 54.3 Å². The van der Waals surface area contributed by atoms with E-state index < -0.39 is 96.0 Å². The van der Waals surface area contributed by atoms with Crippen molar-refractivity contribution in [2.45, 2.75) is 0 Å². The van der Waals surface area contributed by atoms with Crippen molar-refractivity contribution in [1.82, 2.24) is 15.0 Å². The molecule has 0 radical (unpaired) electrons. The van der Waals surface area contributed by atoms with E-state index in [-0.39, 0.29) is 73.5 Å². The van der Waals surface area contributed by atoms with Crippen molar-refractivity contribution in [3.05, 3.63) is 188 Å². The zero-order valence-electron chi connectivity index (χ0n) is 44.4. The second-order valence-corrected chi connectivity index (χ2v) is 12.7. The minimum atomic E-state index is -0.690. The Morgan fingerprint density at radius 3 is 1.58 bits per heavy atom. The summed E-state index contributed by atoms with van der Waals surface area (Å²) in [5, 5.41) is 5.28. The van der Waals surface area contributed by atoms with E-state index >= 15 is 0 Å². The number of furan rings is 1. The summed E-state index contributed by atoms with van der Waals surface area (Å²) in [5.41, 5.74) is -0.375. The topological polar surface area (TPSA) is 51.8 Å². The van der Waals surface area contributed by atoms with Crippen LogP contribution >= 0.6 is 0 Å². The molecule has 0 unspecified atom stereocenters. The minimum Gasteiger partial charge on any atom is -0.456 e. The van der Waals surface area contributed by atoms with Gasteiger partial charge >= 0.3 is 0 Å². The highest BCUT2D eigenvalue weighted by molar-refractivity contribution is 6.26. The maximum absolute atomic E-state index is 10.1. The summed E-state index contributed by atoms with van der Waals surface area (Å²) in [6.45, 7) is 0. The molecule has 2 heterocycles. The standard InChI is InChI=1S/C51H31N3O/c1-3-13-32(14-4-1)33-23-25-35(26-24-33)50-52-49(34-15-5-2-6-16-34)53-51(54-50)45-30-37(31-47-48(45)43-21-11-12-22-46(43)55-47)36-27-28-42-40-19-8-7-17-38(40)39-18-9-10-20-41(39)44(42)29-36/h1-31H/i1D,2D,3D,4D,5D,6D,11D,12D,13D,14D,15D,16D,21D,22D,30D,31D. The van der Waals surface area contributed by atoms with Crippen molar-refractivity contribution in [2.75, 3.05) is 0 Å². The molecule has 0 saturated heterocycles. The van der Waals surface area contributed by atoms with Crippen molar-refractivity contribution in [3.63, 3.8) is 0 Å². The molecule has 4 heteroatoms. The van der Waals surface area contributed by atoms with Gasteiger partial charge in [0.05, 0.1) is 21.9 Å². The smallest absolute Gasteiger partial charge is 0.164 e. The van der Waals surface area contributed by atoms with E-state index in [9.17, 15) is 2.74 Å². The van der Waals surface area contributed by atoms with Gasteiger partial charge in [-0.2, -0.15) is 0 Å². The van der Waals surface area contributed by atoms with Gasteiger partial charge < -0.3 is 4.42 Å². The van der Waals surface area contributed by atoms with Crippen LogP contribution in [0, 0.1) is 0 Å². The molecule has 256 valence electrons. The third-order valence-electron chi connectivity index (χ3n) is 9.62. The lowest BCUT2D eigenvalue weighted by Crippen LogP contribution is -2.00. The number of para-hydroxylation sites is 1. The number of fused-ring (bicyclic) bond motifs is 9. The van der Waals surface area contributed by atoms with Gasteiger partial charge in [0.25, 0.3) is 0 Å². The lowest BCUT2D eigenvalue weighted by molar-refractivity contribution is 0.669. The van der Waals surface area contributed by atoms with Crippen molar-refractivity contribution in [2.24, 2.45) is 0 Å². The zero-order valence-corrected chi connectivity index (χ0v) is 28.4. The summed E-state index contributed by atoms with van der Waals surface area (Å²) in [7, 11) is 0. The molecule has 0 aliphatic carbocycles. The third kappa shape index (κ3) is 5.26. The number of benzene rings is 9. The van der Waals surface area contributed by atoms with Crippen LogP contribution in [0.3, 0.4) is 0 Å². The van der Waals surface area contributed by atoms with Gasteiger partial charge in [-0.3, -0.25) is 0 Å². The van der Waals surface area contributed by atoms with E-state index in [0.717, 1.165) is 32.3 Å². The lowest BCUT2D eigenvalue weighted by atomic mass is 9.91. The molecule has 0 bridgehead atoms. The van der Waals surface area contributed by atoms with Crippen LogP contribution in [0.15, 0.2) is 192 Å². The molecule has 0 spiro atoms. The van der Waals surface area contributed by atoms with Gasteiger partial charge in [0, 0.05) is 27.5 Å². The first-order valence-corrected chi connectivity index (χ1v) is 17.2. The number of nitrogens with zero attached hydrogens (tertiary/aromatic N) is 3. The molecule has 9 aromatic carbocycles. The fourth-order valence-electron chi connectivity index (χ4n) is 7.13.